The van der Waals surface area contributed by atoms with Gasteiger partial charge in [0, 0.05) is 47.4 Å². The summed E-state index contributed by atoms with van der Waals surface area (Å²) in [4.78, 5) is 42.7. The van der Waals surface area contributed by atoms with Gasteiger partial charge in [0.1, 0.15) is 17.3 Å². The maximum atomic E-state index is 12.4. The highest BCUT2D eigenvalue weighted by Crippen LogP contribution is 2.32. The van der Waals surface area contributed by atoms with Crippen LogP contribution in [0.2, 0.25) is 5.02 Å². The number of nitrogens with zero attached hydrogens (tertiary/aromatic N) is 4. The molecule has 3 fully saturated rings. The highest BCUT2D eigenvalue weighted by atomic mass is 35.5. The number of carbonyl (C=O) groups excluding carboxylic acids is 3. The number of likely N-dealkylation sites (tertiary alicyclic amines) is 1. The monoisotopic (exact) mass is 520 g/mol. The van der Waals surface area contributed by atoms with Gasteiger partial charge in [-0.2, -0.15) is 9.61 Å². The lowest BCUT2D eigenvalue weighted by atomic mass is 10.0. The van der Waals surface area contributed by atoms with Crippen LogP contribution >= 0.6 is 11.6 Å². The number of nitrogens with one attached hydrogen (secondary N) is 4. The number of urea groups is 1. The molecule has 3 aromatic rings. The lowest BCUT2D eigenvalue weighted by molar-refractivity contribution is -0.133. The van der Waals surface area contributed by atoms with E-state index in [9.17, 15) is 14.4 Å². The highest BCUT2D eigenvalue weighted by molar-refractivity contribution is 6.30. The van der Waals surface area contributed by atoms with Gasteiger partial charge in [0.05, 0.1) is 6.20 Å². The van der Waals surface area contributed by atoms with E-state index < -0.39 is 11.9 Å². The van der Waals surface area contributed by atoms with Crippen LogP contribution in [0.25, 0.3) is 11.7 Å². The molecule has 2 saturated heterocycles. The molecule has 0 spiro atoms. The summed E-state index contributed by atoms with van der Waals surface area (Å²) in [5, 5.41) is 16.6. The summed E-state index contributed by atoms with van der Waals surface area (Å²) in [6.07, 6.45) is 6.81. The van der Waals surface area contributed by atoms with Crippen molar-refractivity contribution in [3.63, 3.8) is 0 Å². The number of piperidine rings is 1. The fourth-order valence-corrected chi connectivity index (χ4v) is 4.83. The first-order valence-corrected chi connectivity index (χ1v) is 12.6. The first kappa shape index (κ1) is 23.3. The van der Waals surface area contributed by atoms with Gasteiger partial charge in [-0.05, 0) is 50.0 Å². The van der Waals surface area contributed by atoms with Crippen LogP contribution in [0.5, 0.6) is 0 Å². The molecule has 3 aliphatic rings. The van der Waals surface area contributed by atoms with Crippen molar-refractivity contribution in [1.82, 2.24) is 30.1 Å². The summed E-state index contributed by atoms with van der Waals surface area (Å²) >= 11 is 6.16. The number of anilines is 3. The summed E-state index contributed by atoms with van der Waals surface area (Å²) in [6, 6.07) is 8.76. The third-order valence-corrected chi connectivity index (χ3v) is 6.94. The molecule has 4 heterocycles. The Morgan fingerprint density at radius 2 is 1.92 bits per heavy atom. The Kier molecular flexibility index (Phi) is 5.91. The molecule has 1 aromatic carbocycles. The molecule has 0 radical (unpaired) electrons. The van der Waals surface area contributed by atoms with E-state index in [4.69, 9.17) is 16.6 Å². The third kappa shape index (κ3) is 4.94. The minimum absolute atomic E-state index is 0.122. The second-order valence-corrected chi connectivity index (χ2v) is 9.92. The van der Waals surface area contributed by atoms with Gasteiger partial charge >= 0.3 is 6.03 Å². The van der Waals surface area contributed by atoms with Gasteiger partial charge in [-0.25, -0.2) is 9.78 Å². The molecule has 37 heavy (non-hydrogen) atoms. The number of fused-ring (bicyclic) bond motifs is 1. The average molecular weight is 521 g/mol. The van der Waals surface area contributed by atoms with E-state index in [-0.39, 0.29) is 23.6 Å². The van der Waals surface area contributed by atoms with E-state index in [1.165, 1.54) is 0 Å². The van der Waals surface area contributed by atoms with Crippen molar-refractivity contribution in [3.05, 3.63) is 52.8 Å². The first-order valence-electron chi connectivity index (χ1n) is 12.2. The van der Waals surface area contributed by atoms with Crippen molar-refractivity contribution in [2.75, 3.05) is 23.7 Å². The molecular weight excluding hydrogens is 496 g/mol. The van der Waals surface area contributed by atoms with Crippen molar-refractivity contribution in [2.24, 2.45) is 5.92 Å². The van der Waals surface area contributed by atoms with Crippen LogP contribution in [0.3, 0.4) is 0 Å². The van der Waals surface area contributed by atoms with Crippen molar-refractivity contribution in [2.45, 2.75) is 31.7 Å². The standard InChI is InChI=1S/C25H25ClN8O3/c26-16-2-1-3-18(11-16)28-20-12-21(29-17-6-8-33(9-7-17)24(36)14-4-5-14)34-22(31-20)15(13-27-34)10-19-23(35)32-25(37)30-19/h1-3,10-14,17,29H,4-9H2,(H,28,31)(H2,30,32,35,37). The van der Waals surface area contributed by atoms with Gasteiger partial charge in [-0.3, -0.25) is 14.9 Å². The Balaban J connectivity index is 1.30. The second kappa shape index (κ2) is 9.40. The maximum absolute atomic E-state index is 12.4. The lowest BCUT2D eigenvalue weighted by Crippen LogP contribution is -2.43. The number of amides is 4. The van der Waals surface area contributed by atoms with Crippen molar-refractivity contribution < 1.29 is 14.4 Å². The predicted octanol–water partition coefficient (Wildman–Crippen LogP) is 3.12. The zero-order chi connectivity index (χ0) is 25.5. The Morgan fingerprint density at radius 1 is 1.11 bits per heavy atom. The fourth-order valence-electron chi connectivity index (χ4n) is 4.64. The predicted molar refractivity (Wildman–Crippen MR) is 138 cm³/mol. The van der Waals surface area contributed by atoms with E-state index >= 15 is 0 Å². The molecule has 1 saturated carbocycles. The summed E-state index contributed by atoms with van der Waals surface area (Å²) in [7, 11) is 0. The van der Waals surface area contributed by atoms with Gasteiger partial charge in [0.2, 0.25) is 5.91 Å². The molecule has 0 unspecified atom stereocenters. The van der Waals surface area contributed by atoms with Crippen molar-refractivity contribution in [3.8, 4) is 0 Å². The van der Waals surface area contributed by atoms with Crippen LogP contribution in [0, 0.1) is 5.92 Å². The largest absolute Gasteiger partial charge is 0.367 e. The lowest BCUT2D eigenvalue weighted by Gasteiger charge is -2.33. The van der Waals surface area contributed by atoms with Crippen LogP contribution in [0.1, 0.15) is 31.2 Å². The Labute approximate surface area is 217 Å². The molecule has 4 N–H and O–H groups in total. The van der Waals surface area contributed by atoms with Gasteiger partial charge in [0.25, 0.3) is 5.91 Å². The summed E-state index contributed by atoms with van der Waals surface area (Å²) in [5.74, 6) is 1.27. The average Bonchev–Trinajstić information content (AvgIpc) is 3.57. The Morgan fingerprint density at radius 3 is 2.62 bits per heavy atom. The van der Waals surface area contributed by atoms with Gasteiger partial charge in [0.15, 0.2) is 5.65 Å². The molecule has 6 rings (SSSR count). The van der Waals surface area contributed by atoms with Gasteiger partial charge < -0.3 is 20.9 Å². The summed E-state index contributed by atoms with van der Waals surface area (Å²) in [5.41, 5.74) is 1.95. The quantitative estimate of drug-likeness (QED) is 0.290. The maximum Gasteiger partial charge on any atom is 0.326 e. The normalized spacial score (nSPS) is 19.3. The van der Waals surface area contributed by atoms with Crippen LogP contribution < -0.4 is 21.3 Å². The van der Waals surface area contributed by atoms with Crippen molar-refractivity contribution >= 4 is 58.5 Å². The molecule has 0 atom stereocenters. The zero-order valence-electron chi connectivity index (χ0n) is 19.8. The van der Waals surface area contributed by atoms with E-state index in [0.29, 0.717) is 27.9 Å². The van der Waals surface area contributed by atoms with E-state index in [0.717, 1.165) is 44.5 Å². The third-order valence-electron chi connectivity index (χ3n) is 6.70. The van der Waals surface area contributed by atoms with E-state index in [2.05, 4.69) is 26.4 Å². The van der Waals surface area contributed by atoms with E-state index in [1.54, 1.807) is 28.9 Å². The molecule has 2 aromatic heterocycles. The highest BCUT2D eigenvalue weighted by Gasteiger charge is 2.35. The smallest absolute Gasteiger partial charge is 0.326 e. The molecule has 190 valence electrons. The number of hydrogen-bond donors (Lipinski definition) is 4. The number of aromatic nitrogens is 3. The Hall–Kier alpha value is -4.12. The summed E-state index contributed by atoms with van der Waals surface area (Å²) in [6.45, 7) is 1.44. The second-order valence-electron chi connectivity index (χ2n) is 9.48. The van der Waals surface area contributed by atoms with Crippen LogP contribution in [-0.2, 0) is 9.59 Å². The number of halogens is 1. The fraction of sp³-hybridized carbons (Fsp3) is 0.320. The first-order chi connectivity index (χ1) is 17.9. The van der Waals surface area contributed by atoms with Gasteiger partial charge in [-0.15, -0.1) is 0 Å². The number of benzene rings is 1. The summed E-state index contributed by atoms with van der Waals surface area (Å²) < 4.78 is 1.67. The molecule has 11 nitrogen and oxygen atoms in total. The number of hydrogen-bond acceptors (Lipinski definition) is 7. The zero-order valence-corrected chi connectivity index (χ0v) is 20.6. The van der Waals surface area contributed by atoms with Crippen molar-refractivity contribution in [1.29, 1.82) is 0 Å². The molecular formula is C25H25ClN8O3. The van der Waals surface area contributed by atoms with E-state index in [1.807, 2.05) is 23.1 Å². The number of imide groups is 1. The number of carbonyl (C=O) groups is 3. The molecule has 0 bridgehead atoms. The molecule has 4 amide bonds. The topological polar surface area (TPSA) is 133 Å². The molecule has 1 aliphatic carbocycles. The molecule has 12 heteroatoms. The Bertz CT molecular complexity index is 1440. The number of rotatable bonds is 6. The van der Waals surface area contributed by atoms with Crippen LogP contribution in [-0.4, -0.2) is 56.5 Å². The van der Waals surface area contributed by atoms with Crippen LogP contribution in [0.4, 0.5) is 22.1 Å². The van der Waals surface area contributed by atoms with Crippen LogP contribution in [0.15, 0.2) is 42.2 Å². The van der Waals surface area contributed by atoms with Gasteiger partial charge in [-0.1, -0.05) is 17.7 Å². The minimum atomic E-state index is -0.571. The molecule has 2 aliphatic heterocycles. The minimum Gasteiger partial charge on any atom is -0.367 e. The SMILES string of the molecule is O=C1NC(=O)C(=Cc2cnn3c(NC4CCN(C(=O)C5CC5)CC4)cc(Nc4cccc(Cl)c4)nc23)N1.